The molecule has 3 aromatic carbocycles. The normalized spacial score (nSPS) is 12.5. The fourth-order valence-corrected chi connectivity index (χ4v) is 7.15. The van der Waals surface area contributed by atoms with Crippen molar-refractivity contribution in [1.29, 1.82) is 0 Å². The molecule has 0 aliphatic carbocycles. The van der Waals surface area contributed by atoms with E-state index in [1.807, 2.05) is 12.1 Å². The van der Waals surface area contributed by atoms with Gasteiger partial charge in [0.1, 0.15) is 23.2 Å². The molecule has 0 aromatic heterocycles. The maximum Gasteiger partial charge on any atom is 0.166 e. The van der Waals surface area contributed by atoms with E-state index in [4.69, 9.17) is 0 Å². The summed E-state index contributed by atoms with van der Waals surface area (Å²) in [5.74, 6) is 0.856. The standard InChI is InChI=1S/C26H30OP/c1-4-21(2)19-20-25(27)24-17-11-12-18-26(24)28(3,22-13-7-5-8-14-22)23-15-9-6-10-16-23/h5-18,21H,4,19-20H2,1-3H3/q+1. The van der Waals surface area contributed by atoms with E-state index < -0.39 is 7.26 Å². The number of benzene rings is 3. The van der Waals surface area contributed by atoms with Crippen molar-refractivity contribution in [2.24, 2.45) is 5.92 Å². The van der Waals surface area contributed by atoms with Crippen LogP contribution >= 0.6 is 7.26 Å². The van der Waals surface area contributed by atoms with Gasteiger partial charge in [-0.1, -0.05) is 68.8 Å². The monoisotopic (exact) mass is 389 g/mol. The minimum atomic E-state index is -1.89. The Hall–Kier alpha value is -2.24. The lowest BCUT2D eigenvalue weighted by Gasteiger charge is -2.25. The van der Waals surface area contributed by atoms with Crippen LogP contribution in [0.4, 0.5) is 0 Å². The highest BCUT2D eigenvalue weighted by Gasteiger charge is 2.42. The Morgan fingerprint density at radius 3 is 1.86 bits per heavy atom. The third-order valence-electron chi connectivity index (χ3n) is 5.79. The molecule has 1 nitrogen and oxygen atoms in total. The fraction of sp³-hybridized carbons (Fsp3) is 0.269. The summed E-state index contributed by atoms with van der Waals surface area (Å²) >= 11 is 0. The molecule has 28 heavy (non-hydrogen) atoms. The molecule has 1 unspecified atom stereocenters. The Morgan fingerprint density at radius 1 is 0.821 bits per heavy atom. The number of carbonyl (C=O) groups excluding carboxylic acids is 1. The highest BCUT2D eigenvalue weighted by molar-refractivity contribution is 7.95. The van der Waals surface area contributed by atoms with Crippen LogP contribution in [0.25, 0.3) is 0 Å². The number of ketones is 1. The van der Waals surface area contributed by atoms with Crippen LogP contribution in [0, 0.1) is 5.92 Å². The highest BCUT2D eigenvalue weighted by atomic mass is 31.2. The van der Waals surface area contributed by atoms with Crippen LogP contribution < -0.4 is 15.9 Å². The fourth-order valence-electron chi connectivity index (χ4n) is 3.70. The van der Waals surface area contributed by atoms with E-state index in [0.29, 0.717) is 12.3 Å². The van der Waals surface area contributed by atoms with Gasteiger partial charge in [0.15, 0.2) is 5.78 Å². The van der Waals surface area contributed by atoms with Gasteiger partial charge in [-0.25, -0.2) is 0 Å². The van der Waals surface area contributed by atoms with Crippen LogP contribution in [-0.2, 0) is 0 Å². The average molecular weight is 389 g/mol. The average Bonchev–Trinajstić information content (AvgIpc) is 2.77. The molecule has 0 spiro atoms. The SMILES string of the molecule is CCC(C)CCC(=O)c1ccccc1[P+](C)(c1ccccc1)c1ccccc1. The van der Waals surface area contributed by atoms with Crippen molar-refractivity contribution in [2.45, 2.75) is 33.1 Å². The van der Waals surface area contributed by atoms with Crippen LogP contribution in [0.15, 0.2) is 84.9 Å². The van der Waals surface area contributed by atoms with Crippen molar-refractivity contribution >= 4 is 29.0 Å². The first kappa shape index (κ1) is 20.5. The molecule has 0 N–H and O–H groups in total. The molecule has 3 rings (SSSR count). The van der Waals surface area contributed by atoms with E-state index in [0.717, 1.165) is 18.4 Å². The zero-order valence-corrected chi connectivity index (χ0v) is 18.0. The molecule has 3 aromatic rings. The smallest absolute Gasteiger partial charge is 0.166 e. The van der Waals surface area contributed by atoms with E-state index in [1.165, 1.54) is 15.9 Å². The molecule has 1 atom stereocenters. The van der Waals surface area contributed by atoms with Gasteiger partial charge in [0.2, 0.25) is 0 Å². The summed E-state index contributed by atoms with van der Waals surface area (Å²) in [6, 6.07) is 29.6. The second-order valence-electron chi connectivity index (χ2n) is 7.67. The lowest BCUT2D eigenvalue weighted by Crippen LogP contribution is -2.33. The Balaban J connectivity index is 2.11. The van der Waals surface area contributed by atoms with Gasteiger partial charge in [-0.3, -0.25) is 4.79 Å². The summed E-state index contributed by atoms with van der Waals surface area (Å²) in [7, 11) is -1.89. The molecule has 2 heteroatoms. The molecule has 0 aliphatic heterocycles. The van der Waals surface area contributed by atoms with Gasteiger partial charge in [-0.05, 0) is 48.7 Å². The summed E-state index contributed by atoms with van der Waals surface area (Å²) in [4.78, 5) is 13.2. The summed E-state index contributed by atoms with van der Waals surface area (Å²) in [5.41, 5.74) is 0.898. The van der Waals surface area contributed by atoms with Gasteiger partial charge in [-0.2, -0.15) is 0 Å². The summed E-state index contributed by atoms with van der Waals surface area (Å²) in [6.45, 7) is 6.76. The van der Waals surface area contributed by atoms with Crippen LogP contribution in [-0.4, -0.2) is 12.4 Å². The molecule has 0 saturated carbocycles. The predicted octanol–water partition coefficient (Wildman–Crippen LogP) is 5.62. The number of hydrogen-bond donors (Lipinski definition) is 0. The van der Waals surface area contributed by atoms with Crippen molar-refractivity contribution in [3.63, 3.8) is 0 Å². The molecule has 144 valence electrons. The summed E-state index contributed by atoms with van der Waals surface area (Å²) in [5, 5.41) is 3.81. The lowest BCUT2D eigenvalue weighted by atomic mass is 9.98. The number of rotatable bonds is 8. The van der Waals surface area contributed by atoms with Gasteiger partial charge in [0.25, 0.3) is 0 Å². The van der Waals surface area contributed by atoms with Gasteiger partial charge in [-0.15, -0.1) is 0 Å². The van der Waals surface area contributed by atoms with E-state index in [9.17, 15) is 4.79 Å². The first-order chi connectivity index (χ1) is 13.6. The van der Waals surface area contributed by atoms with Crippen molar-refractivity contribution in [3.8, 4) is 0 Å². The third-order valence-corrected chi connectivity index (χ3v) is 9.81. The Kier molecular flexibility index (Phi) is 6.81. The molecular weight excluding hydrogens is 359 g/mol. The molecule has 0 radical (unpaired) electrons. The van der Waals surface area contributed by atoms with Gasteiger partial charge < -0.3 is 0 Å². The molecular formula is C26H30OP+. The molecule has 0 amide bonds. The first-order valence-electron chi connectivity index (χ1n) is 10.2. The summed E-state index contributed by atoms with van der Waals surface area (Å²) < 4.78 is 0. The van der Waals surface area contributed by atoms with Crippen molar-refractivity contribution in [2.75, 3.05) is 6.66 Å². The maximum atomic E-state index is 13.2. The second kappa shape index (κ2) is 9.30. The molecule has 0 saturated heterocycles. The van der Waals surface area contributed by atoms with Crippen LogP contribution in [0.5, 0.6) is 0 Å². The summed E-state index contributed by atoms with van der Waals surface area (Å²) in [6.07, 6.45) is 2.69. The van der Waals surface area contributed by atoms with Crippen molar-refractivity contribution < 1.29 is 4.79 Å². The number of Topliss-reactive ketones (excluding diaryl/α,β-unsaturated/α-hetero) is 1. The Morgan fingerprint density at radius 2 is 1.32 bits per heavy atom. The Labute approximate surface area is 170 Å². The maximum absolute atomic E-state index is 13.2. The number of hydrogen-bond acceptors (Lipinski definition) is 1. The Bertz CT molecular complexity index is 862. The zero-order valence-electron chi connectivity index (χ0n) is 17.1. The minimum Gasteiger partial charge on any atom is -0.294 e. The van der Waals surface area contributed by atoms with Crippen LogP contribution in [0.3, 0.4) is 0 Å². The van der Waals surface area contributed by atoms with Crippen LogP contribution in [0.1, 0.15) is 43.5 Å². The first-order valence-corrected chi connectivity index (χ1v) is 12.4. The van der Waals surface area contributed by atoms with E-state index in [1.54, 1.807) is 0 Å². The number of carbonyl (C=O) groups is 1. The van der Waals surface area contributed by atoms with E-state index in [2.05, 4.69) is 93.3 Å². The van der Waals surface area contributed by atoms with Crippen LogP contribution in [0.2, 0.25) is 0 Å². The third kappa shape index (κ3) is 4.26. The topological polar surface area (TPSA) is 17.1 Å². The zero-order chi connectivity index (χ0) is 20.0. The molecule has 0 heterocycles. The van der Waals surface area contributed by atoms with E-state index >= 15 is 0 Å². The quantitative estimate of drug-likeness (QED) is 0.361. The van der Waals surface area contributed by atoms with Crippen molar-refractivity contribution in [1.82, 2.24) is 0 Å². The predicted molar refractivity (Wildman–Crippen MR) is 124 cm³/mol. The van der Waals surface area contributed by atoms with E-state index in [-0.39, 0.29) is 5.78 Å². The van der Waals surface area contributed by atoms with Crippen molar-refractivity contribution in [3.05, 3.63) is 90.5 Å². The largest absolute Gasteiger partial charge is 0.294 e. The van der Waals surface area contributed by atoms with Gasteiger partial charge in [0.05, 0.1) is 12.2 Å². The molecule has 0 fully saturated rings. The highest BCUT2D eigenvalue weighted by Crippen LogP contribution is 2.52. The molecule has 0 bridgehead atoms. The minimum absolute atomic E-state index is 0.272. The van der Waals surface area contributed by atoms with Gasteiger partial charge in [0, 0.05) is 6.42 Å². The second-order valence-corrected chi connectivity index (χ2v) is 11.2. The molecule has 0 aliphatic rings. The lowest BCUT2D eigenvalue weighted by molar-refractivity contribution is 0.0975. The van der Waals surface area contributed by atoms with Gasteiger partial charge >= 0.3 is 0 Å².